The van der Waals surface area contributed by atoms with E-state index in [2.05, 4.69) is 10.3 Å². The quantitative estimate of drug-likeness (QED) is 0.768. The topological polar surface area (TPSA) is 91.8 Å². The zero-order valence-electron chi connectivity index (χ0n) is 16.9. The van der Waals surface area contributed by atoms with Crippen molar-refractivity contribution in [3.8, 4) is 11.1 Å². The number of benzene rings is 1. The lowest BCUT2D eigenvalue weighted by Gasteiger charge is -2.33. The van der Waals surface area contributed by atoms with Gasteiger partial charge in [-0.1, -0.05) is 29.8 Å². The molecule has 0 radical (unpaired) electrons. The number of nitrogens with zero attached hydrogens (tertiary/aromatic N) is 3. The molecule has 2 aliphatic rings. The molecule has 4 amide bonds. The fourth-order valence-electron chi connectivity index (χ4n) is 3.70. The van der Waals surface area contributed by atoms with Gasteiger partial charge in [-0.15, -0.1) is 0 Å². The van der Waals surface area contributed by atoms with Gasteiger partial charge in [0.15, 0.2) is 0 Å². The standard InChI is InChI=1S/C22H23ClN4O4/c23-17-3-1-2-15(12-17)16-4-5-18(25-13-16)19-14-26(10-11-31-19)20(28)7-9-27-21(29)6-8-24-22(27)30/h1-5,12-13,19H,6-11,14H2,(H,24,30)/t19-/m1/s1. The van der Waals surface area contributed by atoms with Crippen LogP contribution in [0.25, 0.3) is 11.1 Å². The summed E-state index contributed by atoms with van der Waals surface area (Å²) in [5.41, 5.74) is 2.66. The fraction of sp³-hybridized carbons (Fsp3) is 0.364. The van der Waals surface area contributed by atoms with Crippen molar-refractivity contribution >= 4 is 29.4 Å². The maximum atomic E-state index is 12.7. The van der Waals surface area contributed by atoms with Gasteiger partial charge in [0.05, 0.1) is 18.8 Å². The van der Waals surface area contributed by atoms with Crippen LogP contribution >= 0.6 is 11.6 Å². The maximum Gasteiger partial charge on any atom is 0.324 e. The molecule has 162 valence electrons. The molecule has 2 saturated heterocycles. The molecule has 0 aliphatic carbocycles. The lowest BCUT2D eigenvalue weighted by Crippen LogP contribution is -2.51. The Morgan fingerprint density at radius 3 is 2.84 bits per heavy atom. The fourth-order valence-corrected chi connectivity index (χ4v) is 3.89. The number of ether oxygens (including phenoxy) is 1. The largest absolute Gasteiger partial charge is 0.368 e. The molecule has 0 saturated carbocycles. The first-order chi connectivity index (χ1) is 15.0. The van der Waals surface area contributed by atoms with E-state index in [0.29, 0.717) is 31.3 Å². The minimum Gasteiger partial charge on any atom is -0.368 e. The van der Waals surface area contributed by atoms with Crippen molar-refractivity contribution in [3.05, 3.63) is 53.3 Å². The van der Waals surface area contributed by atoms with Crippen LogP contribution in [0.3, 0.4) is 0 Å². The normalized spacial score (nSPS) is 19.3. The number of amides is 4. The van der Waals surface area contributed by atoms with E-state index in [0.717, 1.165) is 21.7 Å². The SMILES string of the molecule is O=C(CCN1C(=O)CCNC1=O)N1CCO[C@@H](c2ccc(-c3cccc(Cl)c3)cn2)C1. The van der Waals surface area contributed by atoms with Crippen LogP contribution < -0.4 is 5.32 Å². The van der Waals surface area contributed by atoms with E-state index in [1.165, 1.54) is 0 Å². The highest BCUT2D eigenvalue weighted by molar-refractivity contribution is 6.30. The number of hydrogen-bond acceptors (Lipinski definition) is 5. The van der Waals surface area contributed by atoms with Gasteiger partial charge < -0.3 is 15.0 Å². The van der Waals surface area contributed by atoms with Crippen LogP contribution in [0.2, 0.25) is 5.02 Å². The van der Waals surface area contributed by atoms with Gasteiger partial charge in [0.1, 0.15) is 6.10 Å². The van der Waals surface area contributed by atoms with Gasteiger partial charge in [0.2, 0.25) is 11.8 Å². The molecule has 2 aromatic rings. The van der Waals surface area contributed by atoms with Gasteiger partial charge in [-0.3, -0.25) is 19.5 Å². The van der Waals surface area contributed by atoms with Crippen LogP contribution in [-0.4, -0.2) is 65.4 Å². The number of carbonyl (C=O) groups is 3. The Kier molecular flexibility index (Phi) is 6.48. The molecule has 0 unspecified atom stereocenters. The first-order valence-corrected chi connectivity index (χ1v) is 10.6. The minimum atomic E-state index is -0.437. The Morgan fingerprint density at radius 1 is 1.23 bits per heavy atom. The van der Waals surface area contributed by atoms with E-state index in [1.54, 1.807) is 11.1 Å². The summed E-state index contributed by atoms with van der Waals surface area (Å²) >= 11 is 6.06. The van der Waals surface area contributed by atoms with Gasteiger partial charge in [-0.05, 0) is 23.8 Å². The molecule has 1 N–H and O–H groups in total. The van der Waals surface area contributed by atoms with Crippen LogP contribution in [0.4, 0.5) is 4.79 Å². The van der Waals surface area contributed by atoms with E-state index in [4.69, 9.17) is 16.3 Å². The van der Waals surface area contributed by atoms with Gasteiger partial charge in [0.25, 0.3) is 0 Å². The van der Waals surface area contributed by atoms with Crippen LogP contribution in [0.5, 0.6) is 0 Å². The highest BCUT2D eigenvalue weighted by Crippen LogP contribution is 2.25. The highest BCUT2D eigenvalue weighted by atomic mass is 35.5. The molecule has 3 heterocycles. The van der Waals surface area contributed by atoms with Crippen LogP contribution in [0, 0.1) is 0 Å². The lowest BCUT2D eigenvalue weighted by atomic mass is 10.1. The number of urea groups is 1. The number of halogens is 1. The molecule has 4 rings (SSSR count). The monoisotopic (exact) mass is 442 g/mol. The van der Waals surface area contributed by atoms with E-state index in [9.17, 15) is 14.4 Å². The summed E-state index contributed by atoms with van der Waals surface area (Å²) in [6.45, 7) is 1.67. The summed E-state index contributed by atoms with van der Waals surface area (Å²) < 4.78 is 5.83. The number of imide groups is 1. The predicted octanol–water partition coefficient (Wildman–Crippen LogP) is 2.63. The molecule has 1 aromatic heterocycles. The second-order valence-corrected chi connectivity index (χ2v) is 7.90. The molecule has 9 heteroatoms. The van der Waals surface area contributed by atoms with Crippen molar-refractivity contribution in [3.63, 3.8) is 0 Å². The Morgan fingerprint density at radius 2 is 2.10 bits per heavy atom. The van der Waals surface area contributed by atoms with E-state index < -0.39 is 6.03 Å². The molecule has 1 atom stereocenters. The summed E-state index contributed by atoms with van der Waals surface area (Å²) in [6, 6.07) is 11.0. The van der Waals surface area contributed by atoms with Gasteiger partial charge in [-0.2, -0.15) is 0 Å². The first-order valence-electron chi connectivity index (χ1n) is 10.2. The smallest absolute Gasteiger partial charge is 0.324 e. The average Bonchev–Trinajstić information content (AvgIpc) is 2.79. The summed E-state index contributed by atoms with van der Waals surface area (Å²) in [4.78, 5) is 43.7. The third-order valence-corrected chi connectivity index (χ3v) is 5.64. The average molecular weight is 443 g/mol. The van der Waals surface area contributed by atoms with Crippen LogP contribution in [-0.2, 0) is 14.3 Å². The van der Waals surface area contributed by atoms with Gasteiger partial charge in [0, 0.05) is 49.3 Å². The Labute approximate surface area is 185 Å². The Balaban J connectivity index is 1.36. The Hall–Kier alpha value is -2.97. The number of rotatable bonds is 5. The van der Waals surface area contributed by atoms with Gasteiger partial charge in [-0.25, -0.2) is 4.79 Å². The number of pyridine rings is 1. The van der Waals surface area contributed by atoms with Crippen molar-refractivity contribution in [1.29, 1.82) is 0 Å². The third kappa shape index (κ3) is 5.03. The molecule has 2 aliphatic heterocycles. The van der Waals surface area contributed by atoms with E-state index in [1.807, 2.05) is 36.4 Å². The molecular weight excluding hydrogens is 420 g/mol. The lowest BCUT2D eigenvalue weighted by molar-refractivity contribution is -0.140. The molecule has 0 bridgehead atoms. The predicted molar refractivity (Wildman–Crippen MR) is 114 cm³/mol. The van der Waals surface area contributed by atoms with Gasteiger partial charge >= 0.3 is 6.03 Å². The second kappa shape index (κ2) is 9.45. The third-order valence-electron chi connectivity index (χ3n) is 5.40. The number of hydrogen-bond donors (Lipinski definition) is 1. The van der Waals surface area contributed by atoms with Crippen LogP contribution in [0.1, 0.15) is 24.6 Å². The maximum absolute atomic E-state index is 12.7. The molecule has 8 nitrogen and oxygen atoms in total. The van der Waals surface area contributed by atoms with E-state index in [-0.39, 0.29) is 37.3 Å². The van der Waals surface area contributed by atoms with Crippen molar-refractivity contribution in [2.24, 2.45) is 0 Å². The van der Waals surface area contributed by atoms with Crippen molar-refractivity contribution < 1.29 is 19.1 Å². The number of carbonyl (C=O) groups excluding carboxylic acids is 3. The number of aromatic nitrogens is 1. The van der Waals surface area contributed by atoms with Crippen molar-refractivity contribution in [1.82, 2.24) is 20.1 Å². The van der Waals surface area contributed by atoms with E-state index >= 15 is 0 Å². The molecular formula is C22H23ClN4O4. The summed E-state index contributed by atoms with van der Waals surface area (Å²) in [6.07, 6.45) is 1.79. The molecule has 0 spiro atoms. The summed E-state index contributed by atoms with van der Waals surface area (Å²) in [5, 5.41) is 3.28. The first kappa shape index (κ1) is 21.3. The summed E-state index contributed by atoms with van der Waals surface area (Å²) in [7, 11) is 0. The zero-order valence-corrected chi connectivity index (χ0v) is 17.7. The zero-order chi connectivity index (χ0) is 21.8. The van der Waals surface area contributed by atoms with Crippen molar-refractivity contribution in [2.45, 2.75) is 18.9 Å². The second-order valence-electron chi connectivity index (χ2n) is 7.46. The minimum absolute atomic E-state index is 0.0815. The number of morpholine rings is 1. The summed E-state index contributed by atoms with van der Waals surface area (Å²) in [5.74, 6) is -0.365. The Bertz CT molecular complexity index is 966. The van der Waals surface area contributed by atoms with Crippen molar-refractivity contribution in [2.75, 3.05) is 32.8 Å². The number of nitrogens with one attached hydrogen (secondary N) is 1. The molecule has 1 aromatic carbocycles. The van der Waals surface area contributed by atoms with Crippen LogP contribution in [0.15, 0.2) is 42.6 Å². The molecule has 31 heavy (non-hydrogen) atoms. The molecule has 2 fully saturated rings. The highest BCUT2D eigenvalue weighted by Gasteiger charge is 2.29.